The zero-order valence-corrected chi connectivity index (χ0v) is 13.0. The highest BCUT2D eigenvalue weighted by molar-refractivity contribution is 5.74. The molecule has 2 N–H and O–H groups in total. The summed E-state index contributed by atoms with van der Waals surface area (Å²) >= 11 is 0. The number of hydrogen-bond acceptors (Lipinski definition) is 3. The van der Waals surface area contributed by atoms with E-state index < -0.39 is 0 Å². The van der Waals surface area contributed by atoms with Crippen molar-refractivity contribution >= 4 is 6.03 Å². The van der Waals surface area contributed by atoms with Crippen LogP contribution in [-0.4, -0.2) is 43.7 Å². The number of rotatable bonds is 5. The van der Waals surface area contributed by atoms with Crippen LogP contribution in [0.1, 0.15) is 37.3 Å². The number of likely N-dealkylation sites (tertiary alicyclic amines) is 1. The Balaban J connectivity index is 1.40. The molecule has 0 aromatic heterocycles. The lowest BCUT2D eigenvalue weighted by atomic mass is 10.0. The minimum Gasteiger partial charge on any atom is -0.493 e. The van der Waals surface area contributed by atoms with E-state index in [-0.39, 0.29) is 12.1 Å². The van der Waals surface area contributed by atoms with Gasteiger partial charge in [-0.05, 0) is 45.0 Å². The molecule has 2 aliphatic rings. The van der Waals surface area contributed by atoms with Crippen LogP contribution in [0.4, 0.5) is 4.79 Å². The second kappa shape index (κ2) is 7.49. The molecule has 5 nitrogen and oxygen atoms in total. The number of benzene rings is 1. The second-order valence-electron chi connectivity index (χ2n) is 6.03. The van der Waals surface area contributed by atoms with Crippen LogP contribution in [0.25, 0.3) is 0 Å². The maximum atomic E-state index is 12.0. The van der Waals surface area contributed by atoms with Crippen molar-refractivity contribution in [3.8, 4) is 5.75 Å². The Morgan fingerprint density at radius 1 is 1.27 bits per heavy atom. The second-order valence-corrected chi connectivity index (χ2v) is 6.03. The lowest BCUT2D eigenvalue weighted by Crippen LogP contribution is -2.40. The maximum Gasteiger partial charge on any atom is 0.315 e. The molecule has 3 rings (SSSR count). The summed E-state index contributed by atoms with van der Waals surface area (Å²) < 4.78 is 5.61. The molecule has 1 aromatic rings. The molecular formula is C17H25N3O2. The van der Waals surface area contributed by atoms with Crippen LogP contribution in [-0.2, 0) is 0 Å². The minimum absolute atomic E-state index is 0.0449. The van der Waals surface area contributed by atoms with Crippen molar-refractivity contribution in [1.82, 2.24) is 15.5 Å². The van der Waals surface area contributed by atoms with E-state index in [4.69, 9.17) is 4.74 Å². The van der Waals surface area contributed by atoms with Crippen molar-refractivity contribution in [1.29, 1.82) is 0 Å². The molecule has 1 unspecified atom stereocenters. The molecule has 2 aliphatic heterocycles. The van der Waals surface area contributed by atoms with Gasteiger partial charge in [-0.3, -0.25) is 0 Å². The van der Waals surface area contributed by atoms with Crippen molar-refractivity contribution in [3.05, 3.63) is 29.8 Å². The van der Waals surface area contributed by atoms with Crippen LogP contribution in [0.15, 0.2) is 24.3 Å². The topological polar surface area (TPSA) is 53.6 Å². The summed E-state index contributed by atoms with van der Waals surface area (Å²) in [5, 5.41) is 6.03. The van der Waals surface area contributed by atoms with E-state index in [1.165, 1.54) is 25.9 Å². The Hall–Kier alpha value is -1.75. The van der Waals surface area contributed by atoms with Crippen LogP contribution < -0.4 is 15.4 Å². The van der Waals surface area contributed by atoms with Crippen LogP contribution in [0.2, 0.25) is 0 Å². The predicted octanol–water partition coefficient (Wildman–Crippen LogP) is 2.30. The monoisotopic (exact) mass is 303 g/mol. The maximum absolute atomic E-state index is 12.0. The smallest absolute Gasteiger partial charge is 0.315 e. The average Bonchev–Trinajstić information content (AvgIpc) is 3.05. The fourth-order valence-electron chi connectivity index (χ4n) is 3.21. The van der Waals surface area contributed by atoms with Gasteiger partial charge >= 0.3 is 6.03 Å². The molecule has 1 aromatic carbocycles. The fraction of sp³-hybridized carbons (Fsp3) is 0.588. The van der Waals surface area contributed by atoms with Gasteiger partial charge in [-0.2, -0.15) is 0 Å². The summed E-state index contributed by atoms with van der Waals surface area (Å²) in [6.07, 6.45) is 4.46. The summed E-state index contributed by atoms with van der Waals surface area (Å²) in [6.45, 7) is 4.89. The van der Waals surface area contributed by atoms with Crippen molar-refractivity contribution in [2.24, 2.45) is 0 Å². The Morgan fingerprint density at radius 2 is 2.09 bits per heavy atom. The molecule has 0 saturated carbocycles. The van der Waals surface area contributed by atoms with E-state index >= 15 is 0 Å². The van der Waals surface area contributed by atoms with Crippen molar-refractivity contribution in [2.75, 3.05) is 32.8 Å². The Kier molecular flexibility index (Phi) is 5.16. The number of hydrogen-bond donors (Lipinski definition) is 2. The van der Waals surface area contributed by atoms with Crippen LogP contribution in [0, 0.1) is 0 Å². The molecule has 2 heterocycles. The van der Waals surface area contributed by atoms with E-state index in [9.17, 15) is 4.79 Å². The normalized spacial score (nSPS) is 21.0. The van der Waals surface area contributed by atoms with Gasteiger partial charge in [-0.15, -0.1) is 0 Å². The van der Waals surface area contributed by atoms with Gasteiger partial charge in [0, 0.05) is 18.5 Å². The number of para-hydroxylation sites is 1. The molecular weight excluding hydrogens is 278 g/mol. The van der Waals surface area contributed by atoms with Gasteiger partial charge in [-0.1, -0.05) is 18.2 Å². The lowest BCUT2D eigenvalue weighted by Gasteiger charge is -2.26. The van der Waals surface area contributed by atoms with E-state index in [2.05, 4.69) is 15.5 Å². The highest BCUT2D eigenvalue weighted by Gasteiger charge is 2.22. The third kappa shape index (κ3) is 3.91. The van der Waals surface area contributed by atoms with Gasteiger partial charge in [0.05, 0.1) is 12.6 Å². The molecule has 0 spiro atoms. The lowest BCUT2D eigenvalue weighted by molar-refractivity contribution is 0.222. The number of urea groups is 1. The van der Waals surface area contributed by atoms with Crippen molar-refractivity contribution in [3.63, 3.8) is 0 Å². The van der Waals surface area contributed by atoms with Crippen molar-refractivity contribution < 1.29 is 9.53 Å². The number of nitrogens with zero attached hydrogens (tertiary/aromatic N) is 1. The van der Waals surface area contributed by atoms with Gasteiger partial charge in [0.2, 0.25) is 0 Å². The summed E-state index contributed by atoms with van der Waals surface area (Å²) in [4.78, 5) is 14.5. The molecule has 1 atom stereocenters. The zero-order chi connectivity index (χ0) is 15.2. The molecule has 1 saturated heterocycles. The first-order valence-corrected chi connectivity index (χ1v) is 8.31. The van der Waals surface area contributed by atoms with Gasteiger partial charge < -0.3 is 20.3 Å². The van der Waals surface area contributed by atoms with E-state index in [1.54, 1.807) is 0 Å². The number of carbonyl (C=O) groups excluding carboxylic acids is 1. The number of amides is 2. The molecule has 1 fully saturated rings. The number of nitrogens with one attached hydrogen (secondary N) is 2. The molecule has 0 radical (unpaired) electrons. The Morgan fingerprint density at radius 3 is 2.95 bits per heavy atom. The third-order valence-corrected chi connectivity index (χ3v) is 4.40. The Labute approximate surface area is 132 Å². The summed E-state index contributed by atoms with van der Waals surface area (Å²) in [6, 6.07) is 7.88. The van der Waals surface area contributed by atoms with Crippen LogP contribution in [0.3, 0.4) is 0 Å². The predicted molar refractivity (Wildman–Crippen MR) is 86.1 cm³/mol. The number of carbonyl (C=O) groups is 1. The Bertz CT molecular complexity index is 500. The van der Waals surface area contributed by atoms with E-state index in [1.807, 2.05) is 24.3 Å². The van der Waals surface area contributed by atoms with Gasteiger partial charge in [-0.25, -0.2) is 4.79 Å². The molecule has 22 heavy (non-hydrogen) atoms. The first kappa shape index (κ1) is 15.2. The highest BCUT2D eigenvalue weighted by Crippen LogP contribution is 2.31. The molecule has 2 amide bonds. The highest BCUT2D eigenvalue weighted by atomic mass is 16.5. The number of ether oxygens (including phenoxy) is 1. The van der Waals surface area contributed by atoms with Crippen molar-refractivity contribution in [2.45, 2.75) is 31.7 Å². The van der Waals surface area contributed by atoms with E-state index in [0.717, 1.165) is 37.2 Å². The van der Waals surface area contributed by atoms with E-state index in [0.29, 0.717) is 6.61 Å². The zero-order valence-electron chi connectivity index (χ0n) is 13.0. The quantitative estimate of drug-likeness (QED) is 0.821. The summed E-state index contributed by atoms with van der Waals surface area (Å²) in [7, 11) is 0. The molecule has 0 bridgehead atoms. The van der Waals surface area contributed by atoms with Gasteiger partial charge in [0.15, 0.2) is 0 Å². The molecule has 120 valence electrons. The van der Waals surface area contributed by atoms with Crippen LogP contribution in [0.5, 0.6) is 5.75 Å². The molecule has 0 aliphatic carbocycles. The first-order valence-electron chi connectivity index (χ1n) is 8.31. The van der Waals surface area contributed by atoms with Gasteiger partial charge in [0.1, 0.15) is 5.75 Å². The van der Waals surface area contributed by atoms with Gasteiger partial charge in [0.25, 0.3) is 0 Å². The fourth-order valence-corrected chi connectivity index (χ4v) is 3.21. The average molecular weight is 303 g/mol. The minimum atomic E-state index is -0.0804. The standard InChI is InChI=1S/C17H25N3O2/c21-17(18-9-5-12-20-10-3-4-11-20)19-15-8-13-22-16-7-2-1-6-14(15)16/h1-2,6-7,15H,3-5,8-13H2,(H2,18,19,21). The third-order valence-electron chi connectivity index (χ3n) is 4.40. The summed E-state index contributed by atoms with van der Waals surface area (Å²) in [5.74, 6) is 0.882. The summed E-state index contributed by atoms with van der Waals surface area (Å²) in [5.41, 5.74) is 1.07. The number of fused-ring (bicyclic) bond motifs is 1. The molecule has 5 heteroatoms. The first-order chi connectivity index (χ1) is 10.8. The SMILES string of the molecule is O=C(NCCCN1CCCC1)NC1CCOc2ccccc21. The van der Waals surface area contributed by atoms with Crippen LogP contribution >= 0.6 is 0 Å². The largest absolute Gasteiger partial charge is 0.493 e.